The molecule has 0 aliphatic heterocycles. The molecule has 0 bridgehead atoms. The molecule has 0 spiro atoms. The smallest absolute Gasteiger partial charge is 0.0991 e. The van der Waals surface area contributed by atoms with Gasteiger partial charge in [0.2, 0.25) is 0 Å². The second kappa shape index (κ2) is 5.11. The molecule has 0 amide bonds. The van der Waals surface area contributed by atoms with E-state index in [4.69, 9.17) is 16.7 Å². The fourth-order valence-electron chi connectivity index (χ4n) is 1.64. The minimum atomic E-state index is 0.600. The maximum Gasteiger partial charge on any atom is 0.0991 e. The molecule has 0 aliphatic carbocycles. The fourth-order valence-corrected chi connectivity index (χ4v) is 1.64. The molecule has 2 aromatic carbocycles. The van der Waals surface area contributed by atoms with E-state index in [9.17, 15) is 0 Å². The summed E-state index contributed by atoms with van der Waals surface area (Å²) in [5.74, 6) is 0. The third kappa shape index (κ3) is 2.71. The molecule has 4 heteroatoms. The molecule has 0 saturated heterocycles. The maximum absolute atomic E-state index is 8.70. The van der Waals surface area contributed by atoms with Crippen LogP contribution in [0.5, 0.6) is 0 Å². The zero-order chi connectivity index (χ0) is 13.0. The molecule has 0 heterocycles. The molecular weight excluding hydrogens is 224 g/mol. The van der Waals surface area contributed by atoms with Crippen molar-refractivity contribution in [2.45, 2.75) is 6.54 Å². The van der Waals surface area contributed by atoms with Crippen molar-refractivity contribution in [2.75, 3.05) is 16.8 Å². The summed E-state index contributed by atoms with van der Waals surface area (Å²) in [5.41, 5.74) is 15.5. The lowest BCUT2D eigenvalue weighted by Gasteiger charge is -2.09. The van der Waals surface area contributed by atoms with Crippen LogP contribution in [0, 0.1) is 11.3 Å². The van der Waals surface area contributed by atoms with Gasteiger partial charge in [0.15, 0.2) is 0 Å². The van der Waals surface area contributed by atoms with Crippen LogP contribution in [-0.4, -0.2) is 0 Å². The summed E-state index contributed by atoms with van der Waals surface area (Å²) in [6.07, 6.45) is 0. The lowest BCUT2D eigenvalue weighted by molar-refractivity contribution is 1.15. The highest BCUT2D eigenvalue weighted by molar-refractivity contribution is 5.57. The zero-order valence-electron chi connectivity index (χ0n) is 9.85. The van der Waals surface area contributed by atoms with Gasteiger partial charge in [0.25, 0.3) is 0 Å². The minimum absolute atomic E-state index is 0.600. The molecular formula is C14H14N4. The first kappa shape index (κ1) is 11.8. The third-order valence-corrected chi connectivity index (χ3v) is 2.66. The van der Waals surface area contributed by atoms with Crippen LogP contribution in [0.1, 0.15) is 11.1 Å². The SMILES string of the molecule is N#Cc1ccc(NCc2cc(N)ccc2N)cc1. The first-order chi connectivity index (χ1) is 8.69. The number of benzene rings is 2. The third-order valence-electron chi connectivity index (χ3n) is 2.66. The van der Waals surface area contributed by atoms with Gasteiger partial charge in [-0.05, 0) is 48.0 Å². The van der Waals surface area contributed by atoms with Gasteiger partial charge in [0.05, 0.1) is 11.6 Å². The van der Waals surface area contributed by atoms with Crippen molar-refractivity contribution in [3.63, 3.8) is 0 Å². The van der Waals surface area contributed by atoms with Crippen LogP contribution < -0.4 is 16.8 Å². The first-order valence-corrected chi connectivity index (χ1v) is 5.57. The van der Waals surface area contributed by atoms with Crippen LogP contribution in [0.3, 0.4) is 0 Å². The van der Waals surface area contributed by atoms with Crippen molar-refractivity contribution in [2.24, 2.45) is 0 Å². The maximum atomic E-state index is 8.70. The van der Waals surface area contributed by atoms with Crippen LogP contribution in [-0.2, 0) is 6.54 Å². The normalized spacial score (nSPS) is 9.72. The van der Waals surface area contributed by atoms with Crippen LogP contribution in [0.2, 0.25) is 0 Å². The Bertz CT molecular complexity index is 582. The second-order valence-electron chi connectivity index (χ2n) is 4.00. The lowest BCUT2D eigenvalue weighted by atomic mass is 10.1. The summed E-state index contributed by atoms with van der Waals surface area (Å²) in [5, 5.41) is 11.9. The standard InChI is InChI=1S/C14H14N4/c15-8-10-1-4-13(5-2-10)18-9-11-7-12(16)3-6-14(11)17/h1-7,18H,9,16-17H2. The van der Waals surface area contributed by atoms with E-state index in [1.54, 1.807) is 24.3 Å². The average molecular weight is 238 g/mol. The van der Waals surface area contributed by atoms with Gasteiger partial charge < -0.3 is 16.8 Å². The predicted octanol–water partition coefficient (Wildman–Crippen LogP) is 2.33. The Morgan fingerprint density at radius 3 is 2.44 bits per heavy atom. The Morgan fingerprint density at radius 2 is 1.78 bits per heavy atom. The number of nitriles is 1. The fraction of sp³-hybridized carbons (Fsp3) is 0.0714. The molecule has 18 heavy (non-hydrogen) atoms. The number of nitrogens with zero attached hydrogens (tertiary/aromatic N) is 1. The quantitative estimate of drug-likeness (QED) is 0.716. The average Bonchev–Trinajstić information content (AvgIpc) is 2.40. The zero-order valence-corrected chi connectivity index (χ0v) is 9.85. The molecule has 0 fully saturated rings. The first-order valence-electron chi connectivity index (χ1n) is 5.57. The Kier molecular flexibility index (Phi) is 3.35. The summed E-state index contributed by atoms with van der Waals surface area (Å²) in [6.45, 7) is 0.600. The second-order valence-corrected chi connectivity index (χ2v) is 4.00. The number of rotatable bonds is 3. The van der Waals surface area contributed by atoms with E-state index in [2.05, 4.69) is 11.4 Å². The molecule has 0 unspecified atom stereocenters. The van der Waals surface area contributed by atoms with E-state index in [0.29, 0.717) is 23.5 Å². The Balaban J connectivity index is 2.07. The number of hydrogen-bond acceptors (Lipinski definition) is 4. The number of anilines is 3. The molecule has 0 atom stereocenters. The molecule has 0 saturated carbocycles. The van der Waals surface area contributed by atoms with Crippen molar-refractivity contribution in [1.29, 1.82) is 5.26 Å². The monoisotopic (exact) mass is 238 g/mol. The topological polar surface area (TPSA) is 87.9 Å². The lowest BCUT2D eigenvalue weighted by Crippen LogP contribution is -2.03. The van der Waals surface area contributed by atoms with Crippen LogP contribution in [0.4, 0.5) is 17.1 Å². The Labute approximate surface area is 106 Å². The molecule has 5 N–H and O–H groups in total. The van der Waals surface area contributed by atoms with Gasteiger partial charge in [-0.3, -0.25) is 0 Å². The van der Waals surface area contributed by atoms with Crippen LogP contribution in [0.25, 0.3) is 0 Å². The van der Waals surface area contributed by atoms with E-state index in [1.807, 2.05) is 18.2 Å². The number of hydrogen-bond donors (Lipinski definition) is 3. The van der Waals surface area contributed by atoms with Crippen molar-refractivity contribution in [3.05, 3.63) is 53.6 Å². The summed E-state index contributed by atoms with van der Waals surface area (Å²) < 4.78 is 0. The summed E-state index contributed by atoms with van der Waals surface area (Å²) in [6, 6.07) is 14.8. The summed E-state index contributed by atoms with van der Waals surface area (Å²) in [4.78, 5) is 0. The Morgan fingerprint density at radius 1 is 1.06 bits per heavy atom. The molecule has 0 radical (unpaired) electrons. The van der Waals surface area contributed by atoms with Crippen molar-refractivity contribution in [3.8, 4) is 6.07 Å². The highest BCUT2D eigenvalue weighted by atomic mass is 14.9. The number of nitrogens with one attached hydrogen (secondary N) is 1. The Hall–Kier alpha value is -2.67. The van der Waals surface area contributed by atoms with Gasteiger partial charge in [-0.1, -0.05) is 0 Å². The number of nitrogen functional groups attached to an aromatic ring is 2. The van der Waals surface area contributed by atoms with Gasteiger partial charge >= 0.3 is 0 Å². The molecule has 90 valence electrons. The highest BCUT2D eigenvalue weighted by Crippen LogP contribution is 2.17. The summed E-state index contributed by atoms with van der Waals surface area (Å²) >= 11 is 0. The van der Waals surface area contributed by atoms with Gasteiger partial charge in [0, 0.05) is 23.6 Å². The van der Waals surface area contributed by atoms with E-state index in [-0.39, 0.29) is 0 Å². The van der Waals surface area contributed by atoms with Crippen molar-refractivity contribution < 1.29 is 0 Å². The van der Waals surface area contributed by atoms with E-state index < -0.39 is 0 Å². The van der Waals surface area contributed by atoms with E-state index in [0.717, 1.165) is 11.3 Å². The molecule has 0 aliphatic rings. The highest BCUT2D eigenvalue weighted by Gasteiger charge is 2.00. The van der Waals surface area contributed by atoms with Gasteiger partial charge in [0.1, 0.15) is 0 Å². The van der Waals surface area contributed by atoms with E-state index in [1.165, 1.54) is 0 Å². The molecule has 0 aromatic heterocycles. The molecule has 4 nitrogen and oxygen atoms in total. The molecule has 2 rings (SSSR count). The van der Waals surface area contributed by atoms with Gasteiger partial charge in [-0.2, -0.15) is 5.26 Å². The van der Waals surface area contributed by atoms with Crippen molar-refractivity contribution >= 4 is 17.1 Å². The molecule has 2 aromatic rings. The van der Waals surface area contributed by atoms with Gasteiger partial charge in [-0.15, -0.1) is 0 Å². The minimum Gasteiger partial charge on any atom is -0.399 e. The largest absolute Gasteiger partial charge is 0.399 e. The van der Waals surface area contributed by atoms with Crippen molar-refractivity contribution in [1.82, 2.24) is 0 Å². The van der Waals surface area contributed by atoms with Crippen LogP contribution in [0.15, 0.2) is 42.5 Å². The van der Waals surface area contributed by atoms with Crippen LogP contribution >= 0.6 is 0 Å². The number of nitrogens with two attached hydrogens (primary N) is 2. The summed E-state index contributed by atoms with van der Waals surface area (Å²) in [7, 11) is 0. The van der Waals surface area contributed by atoms with E-state index >= 15 is 0 Å². The predicted molar refractivity (Wildman–Crippen MR) is 73.8 cm³/mol. The van der Waals surface area contributed by atoms with Gasteiger partial charge in [-0.25, -0.2) is 0 Å².